The van der Waals surface area contributed by atoms with E-state index >= 15 is 0 Å². The second kappa shape index (κ2) is 9.24. The van der Waals surface area contributed by atoms with E-state index in [9.17, 15) is 9.50 Å². The lowest BCUT2D eigenvalue weighted by Crippen LogP contribution is -2.19. The van der Waals surface area contributed by atoms with E-state index in [0.717, 1.165) is 53.6 Å². The molecule has 0 atom stereocenters. The Morgan fingerprint density at radius 2 is 1.62 bits per heavy atom. The molecular formula is C27H25FINO2. The molecule has 0 unspecified atom stereocenters. The van der Waals surface area contributed by atoms with E-state index < -0.39 is 0 Å². The van der Waals surface area contributed by atoms with Gasteiger partial charge >= 0.3 is 0 Å². The van der Waals surface area contributed by atoms with Crippen LogP contribution in [-0.4, -0.2) is 15.8 Å². The first-order valence-corrected chi connectivity index (χ1v) is 12.1. The summed E-state index contributed by atoms with van der Waals surface area (Å²) >= 11 is 2.44. The number of nitrogens with zero attached hydrogens (tertiary/aromatic N) is 1. The van der Waals surface area contributed by atoms with Crippen LogP contribution in [-0.2, 0) is 6.61 Å². The average Bonchev–Trinajstić information content (AvgIpc) is 3.12. The summed E-state index contributed by atoms with van der Waals surface area (Å²) in [5.41, 5.74) is 4.36. The number of hydrogen-bond donors (Lipinski definition) is 1. The van der Waals surface area contributed by atoms with Crippen molar-refractivity contribution in [2.24, 2.45) is 0 Å². The van der Waals surface area contributed by atoms with Crippen LogP contribution in [0.4, 0.5) is 4.39 Å². The standard InChI is InChI=1S/C27H25FINO2/c28-20-11-13-21(14-12-20)30-23-7-4-8-24(32-17-18-5-2-1-3-6-18)25(23)26(29)27(30)19-9-15-22(31)16-10-19/h1-8,11-14,19,22,31H,9-10,15-17H2. The van der Waals surface area contributed by atoms with Gasteiger partial charge in [0.25, 0.3) is 0 Å². The van der Waals surface area contributed by atoms with Gasteiger partial charge in [-0.2, -0.15) is 0 Å². The fourth-order valence-corrected chi connectivity index (χ4v) is 5.94. The van der Waals surface area contributed by atoms with Crippen molar-refractivity contribution in [3.63, 3.8) is 0 Å². The third-order valence-corrected chi connectivity index (χ3v) is 7.43. The van der Waals surface area contributed by atoms with E-state index in [4.69, 9.17) is 4.74 Å². The minimum absolute atomic E-state index is 0.211. The molecule has 1 aromatic heterocycles. The molecule has 0 bridgehead atoms. The predicted molar refractivity (Wildman–Crippen MR) is 134 cm³/mol. The smallest absolute Gasteiger partial charge is 0.130 e. The highest BCUT2D eigenvalue weighted by Gasteiger charge is 2.29. The van der Waals surface area contributed by atoms with Gasteiger partial charge in [0.1, 0.15) is 18.2 Å². The molecule has 0 saturated heterocycles. The summed E-state index contributed by atoms with van der Waals surface area (Å²) in [6, 6.07) is 23.0. The molecule has 1 aliphatic rings. The van der Waals surface area contributed by atoms with Crippen LogP contribution >= 0.6 is 22.6 Å². The summed E-state index contributed by atoms with van der Waals surface area (Å²) in [5, 5.41) is 11.1. The third-order valence-electron chi connectivity index (χ3n) is 6.34. The summed E-state index contributed by atoms with van der Waals surface area (Å²) in [6.07, 6.45) is 3.29. The lowest BCUT2D eigenvalue weighted by Gasteiger charge is -2.27. The Bertz CT molecular complexity index is 1210. The van der Waals surface area contributed by atoms with Gasteiger partial charge in [0, 0.05) is 20.9 Å². The zero-order valence-corrected chi connectivity index (χ0v) is 19.8. The van der Waals surface area contributed by atoms with Crippen molar-refractivity contribution in [3.8, 4) is 11.4 Å². The normalized spacial score (nSPS) is 18.7. The molecule has 1 fully saturated rings. The Morgan fingerprint density at radius 1 is 0.906 bits per heavy atom. The highest BCUT2D eigenvalue weighted by Crippen LogP contribution is 2.44. The summed E-state index contributed by atoms with van der Waals surface area (Å²) in [6.45, 7) is 0.503. The Hall–Kier alpha value is -2.38. The van der Waals surface area contributed by atoms with Crippen LogP contribution in [0.25, 0.3) is 16.6 Å². The van der Waals surface area contributed by atoms with Crippen molar-refractivity contribution in [2.75, 3.05) is 0 Å². The highest BCUT2D eigenvalue weighted by molar-refractivity contribution is 14.1. The van der Waals surface area contributed by atoms with Crippen LogP contribution in [0.5, 0.6) is 5.75 Å². The quantitative estimate of drug-likeness (QED) is 0.277. The van der Waals surface area contributed by atoms with Gasteiger partial charge in [-0.1, -0.05) is 36.4 Å². The summed E-state index contributed by atoms with van der Waals surface area (Å²) in [5.74, 6) is 0.951. The van der Waals surface area contributed by atoms with Gasteiger partial charge in [0.2, 0.25) is 0 Å². The molecule has 3 aromatic carbocycles. The lowest BCUT2D eigenvalue weighted by atomic mass is 9.85. The van der Waals surface area contributed by atoms with E-state index in [2.05, 4.69) is 45.4 Å². The van der Waals surface area contributed by atoms with Gasteiger partial charge in [-0.05, 0) is 90.2 Å². The van der Waals surface area contributed by atoms with E-state index in [-0.39, 0.29) is 11.9 Å². The van der Waals surface area contributed by atoms with Crippen LogP contribution in [0.3, 0.4) is 0 Å². The first kappa shape index (κ1) is 21.5. The molecule has 0 radical (unpaired) electrons. The molecule has 1 N–H and O–H groups in total. The maximum atomic E-state index is 13.7. The SMILES string of the molecule is OC1CCC(c2c(I)c3c(OCc4ccccc4)cccc3n2-c2ccc(F)cc2)CC1. The largest absolute Gasteiger partial charge is 0.488 e. The van der Waals surface area contributed by atoms with Crippen molar-refractivity contribution in [3.05, 3.63) is 93.4 Å². The van der Waals surface area contributed by atoms with Crippen molar-refractivity contribution in [2.45, 2.75) is 44.3 Å². The third kappa shape index (κ3) is 4.16. The van der Waals surface area contributed by atoms with E-state index in [0.29, 0.717) is 12.5 Å². The fraction of sp³-hybridized carbons (Fsp3) is 0.259. The highest BCUT2D eigenvalue weighted by atomic mass is 127. The van der Waals surface area contributed by atoms with Crippen molar-refractivity contribution in [1.82, 2.24) is 4.57 Å². The first-order chi connectivity index (χ1) is 15.6. The first-order valence-electron chi connectivity index (χ1n) is 11.1. The minimum atomic E-state index is -0.242. The number of ether oxygens (including phenoxy) is 1. The minimum Gasteiger partial charge on any atom is -0.488 e. The van der Waals surface area contributed by atoms with Gasteiger partial charge < -0.3 is 14.4 Å². The summed E-state index contributed by atoms with van der Waals surface area (Å²) in [7, 11) is 0. The fourth-order valence-electron chi connectivity index (χ4n) is 4.72. The molecule has 5 rings (SSSR count). The summed E-state index contributed by atoms with van der Waals surface area (Å²) in [4.78, 5) is 0. The van der Waals surface area contributed by atoms with Crippen LogP contribution in [0.1, 0.15) is 42.9 Å². The van der Waals surface area contributed by atoms with Gasteiger partial charge in [-0.25, -0.2) is 4.39 Å². The lowest BCUT2D eigenvalue weighted by molar-refractivity contribution is 0.121. The molecule has 164 valence electrons. The number of aliphatic hydroxyl groups is 1. The zero-order valence-electron chi connectivity index (χ0n) is 17.7. The number of hydrogen-bond acceptors (Lipinski definition) is 2. The zero-order chi connectivity index (χ0) is 22.1. The van der Waals surface area contributed by atoms with Crippen LogP contribution in [0.2, 0.25) is 0 Å². The second-order valence-electron chi connectivity index (χ2n) is 8.44. The van der Waals surface area contributed by atoms with Crippen molar-refractivity contribution >= 4 is 33.5 Å². The molecule has 0 aliphatic heterocycles. The van der Waals surface area contributed by atoms with Crippen molar-refractivity contribution in [1.29, 1.82) is 0 Å². The van der Waals surface area contributed by atoms with Gasteiger partial charge in [0.05, 0.1) is 17.0 Å². The molecular weight excluding hydrogens is 516 g/mol. The summed E-state index contributed by atoms with van der Waals surface area (Å²) < 4.78 is 23.4. The number of aromatic nitrogens is 1. The number of benzene rings is 3. The van der Waals surface area contributed by atoms with Crippen LogP contribution in [0, 0.1) is 9.39 Å². The van der Waals surface area contributed by atoms with Gasteiger partial charge in [-0.3, -0.25) is 0 Å². The van der Waals surface area contributed by atoms with Crippen LogP contribution < -0.4 is 4.74 Å². The maximum absolute atomic E-state index is 13.7. The van der Waals surface area contributed by atoms with Crippen molar-refractivity contribution < 1.29 is 14.2 Å². The molecule has 32 heavy (non-hydrogen) atoms. The second-order valence-corrected chi connectivity index (χ2v) is 9.52. The predicted octanol–water partition coefficient (Wildman–Crippen LogP) is 6.97. The van der Waals surface area contributed by atoms with E-state index in [1.165, 1.54) is 21.4 Å². The maximum Gasteiger partial charge on any atom is 0.130 e. The Balaban J connectivity index is 1.63. The topological polar surface area (TPSA) is 34.4 Å². The molecule has 1 saturated carbocycles. The Labute approximate surface area is 201 Å². The number of fused-ring (bicyclic) bond motifs is 1. The van der Waals surface area contributed by atoms with Crippen LogP contribution in [0.15, 0.2) is 72.8 Å². The molecule has 4 aromatic rings. The molecule has 1 heterocycles. The average molecular weight is 541 g/mol. The Kier molecular flexibility index (Phi) is 6.20. The Morgan fingerprint density at radius 3 is 2.34 bits per heavy atom. The van der Waals surface area contributed by atoms with Gasteiger partial charge in [0.15, 0.2) is 0 Å². The molecule has 1 aliphatic carbocycles. The molecule has 0 amide bonds. The number of aliphatic hydroxyl groups excluding tert-OH is 1. The monoisotopic (exact) mass is 541 g/mol. The van der Waals surface area contributed by atoms with Gasteiger partial charge in [-0.15, -0.1) is 0 Å². The van der Waals surface area contributed by atoms with E-state index in [1.807, 2.05) is 42.5 Å². The molecule has 5 heteroatoms. The number of halogens is 2. The molecule has 0 spiro atoms. The number of rotatable bonds is 5. The van der Waals surface area contributed by atoms with E-state index in [1.54, 1.807) is 0 Å². The molecule has 3 nitrogen and oxygen atoms in total.